The number of hydrogen-bond acceptors (Lipinski definition) is 4. The lowest BCUT2D eigenvalue weighted by Crippen LogP contribution is -2.37. The summed E-state index contributed by atoms with van der Waals surface area (Å²) >= 11 is 0. The van der Waals surface area contributed by atoms with Gasteiger partial charge in [0.15, 0.2) is 0 Å². The van der Waals surface area contributed by atoms with Crippen molar-refractivity contribution in [2.45, 2.75) is 20.3 Å². The van der Waals surface area contributed by atoms with Crippen LogP contribution >= 0.6 is 0 Å². The molecule has 7 nitrogen and oxygen atoms in total. The Morgan fingerprint density at radius 1 is 1.15 bits per heavy atom. The van der Waals surface area contributed by atoms with Gasteiger partial charge in [0, 0.05) is 37.4 Å². The van der Waals surface area contributed by atoms with Crippen molar-refractivity contribution in [3.8, 4) is 5.75 Å². The van der Waals surface area contributed by atoms with Gasteiger partial charge in [-0.15, -0.1) is 0 Å². The Balaban J connectivity index is 1.66. The molecule has 1 N–H and O–H groups in total. The Hall–Kier alpha value is -2.83. The van der Waals surface area contributed by atoms with Crippen LogP contribution in [0.3, 0.4) is 0 Å². The molecular weight excluding hydrogens is 332 g/mol. The summed E-state index contributed by atoms with van der Waals surface area (Å²) in [4.78, 5) is 36.1. The summed E-state index contributed by atoms with van der Waals surface area (Å²) in [5.41, 5.74) is 1.83. The Kier molecular flexibility index (Phi) is 5.55. The highest BCUT2D eigenvalue weighted by molar-refractivity contribution is 5.95. The zero-order valence-electron chi connectivity index (χ0n) is 15.2. The molecule has 0 radical (unpaired) electrons. The number of H-pyrrole nitrogens is 1. The first kappa shape index (κ1) is 18.0. The van der Waals surface area contributed by atoms with Crippen molar-refractivity contribution in [3.63, 3.8) is 0 Å². The van der Waals surface area contributed by atoms with Crippen LogP contribution in [0.2, 0.25) is 0 Å². The number of amides is 2. The SMILES string of the molecule is CCOc1cccc(C(=O)N2CCCN(C(=O)c3nc[nH]c3C)CC2)c1. The minimum atomic E-state index is -0.0867. The highest BCUT2D eigenvalue weighted by atomic mass is 16.5. The standard InChI is InChI=1S/C19H24N4O3/c1-3-26-16-7-4-6-15(12-16)18(24)22-8-5-9-23(11-10-22)19(25)17-14(2)20-13-21-17/h4,6-7,12-13H,3,5,8-11H2,1-2H3,(H,20,21). The lowest BCUT2D eigenvalue weighted by molar-refractivity contribution is 0.0715. The molecule has 1 aliphatic heterocycles. The number of ether oxygens (including phenoxy) is 1. The monoisotopic (exact) mass is 356 g/mol. The van der Waals surface area contributed by atoms with Crippen molar-refractivity contribution in [1.29, 1.82) is 0 Å². The fourth-order valence-corrected chi connectivity index (χ4v) is 3.12. The number of benzene rings is 1. The Bertz CT molecular complexity index is 787. The van der Waals surface area contributed by atoms with Crippen LogP contribution in [0.4, 0.5) is 0 Å². The Morgan fingerprint density at radius 2 is 1.88 bits per heavy atom. The zero-order valence-corrected chi connectivity index (χ0v) is 15.2. The molecule has 0 unspecified atom stereocenters. The van der Waals surface area contributed by atoms with Crippen LogP contribution in [-0.2, 0) is 0 Å². The lowest BCUT2D eigenvalue weighted by atomic mass is 10.2. The number of hydrogen-bond donors (Lipinski definition) is 1. The maximum Gasteiger partial charge on any atom is 0.274 e. The summed E-state index contributed by atoms with van der Waals surface area (Å²) in [6, 6.07) is 7.24. The Morgan fingerprint density at radius 3 is 2.54 bits per heavy atom. The third-order valence-electron chi connectivity index (χ3n) is 4.49. The summed E-state index contributed by atoms with van der Waals surface area (Å²) in [5, 5.41) is 0. The Labute approximate surface area is 153 Å². The van der Waals surface area contributed by atoms with Crippen molar-refractivity contribution >= 4 is 11.8 Å². The molecule has 1 aromatic carbocycles. The number of rotatable bonds is 4. The molecule has 2 aromatic rings. The molecule has 2 amide bonds. The van der Waals surface area contributed by atoms with E-state index in [-0.39, 0.29) is 11.8 Å². The van der Waals surface area contributed by atoms with E-state index in [1.165, 1.54) is 6.33 Å². The molecule has 1 fully saturated rings. The highest BCUT2D eigenvalue weighted by Crippen LogP contribution is 2.17. The van der Waals surface area contributed by atoms with E-state index in [9.17, 15) is 9.59 Å². The molecule has 1 aliphatic rings. The molecule has 26 heavy (non-hydrogen) atoms. The van der Waals surface area contributed by atoms with E-state index in [1.807, 2.05) is 26.0 Å². The lowest BCUT2D eigenvalue weighted by Gasteiger charge is -2.22. The first-order valence-electron chi connectivity index (χ1n) is 8.91. The topological polar surface area (TPSA) is 78.5 Å². The van der Waals surface area contributed by atoms with Gasteiger partial charge in [-0.1, -0.05) is 6.07 Å². The van der Waals surface area contributed by atoms with Gasteiger partial charge in [-0.25, -0.2) is 4.98 Å². The van der Waals surface area contributed by atoms with Crippen molar-refractivity contribution < 1.29 is 14.3 Å². The van der Waals surface area contributed by atoms with E-state index in [4.69, 9.17) is 4.74 Å². The predicted molar refractivity (Wildman–Crippen MR) is 97.4 cm³/mol. The van der Waals surface area contributed by atoms with Crippen LogP contribution in [-0.4, -0.2) is 64.4 Å². The van der Waals surface area contributed by atoms with E-state index in [0.717, 1.165) is 12.1 Å². The molecule has 2 heterocycles. The van der Waals surface area contributed by atoms with Crippen LogP contribution in [0, 0.1) is 6.92 Å². The molecule has 1 saturated heterocycles. The van der Waals surface area contributed by atoms with E-state index in [1.54, 1.807) is 21.9 Å². The van der Waals surface area contributed by atoms with Crippen molar-refractivity contribution in [2.24, 2.45) is 0 Å². The summed E-state index contributed by atoms with van der Waals surface area (Å²) in [6.45, 7) is 6.56. The molecule has 7 heteroatoms. The van der Waals surface area contributed by atoms with Gasteiger partial charge in [0.2, 0.25) is 0 Å². The molecular formula is C19H24N4O3. The van der Waals surface area contributed by atoms with Gasteiger partial charge in [0.25, 0.3) is 11.8 Å². The van der Waals surface area contributed by atoms with E-state index in [2.05, 4.69) is 9.97 Å². The highest BCUT2D eigenvalue weighted by Gasteiger charge is 2.25. The van der Waals surface area contributed by atoms with Gasteiger partial charge in [-0.05, 0) is 38.5 Å². The minimum absolute atomic E-state index is 0.0307. The second kappa shape index (κ2) is 8.03. The number of aromatic amines is 1. The average molecular weight is 356 g/mol. The number of imidazole rings is 1. The quantitative estimate of drug-likeness (QED) is 0.910. The second-order valence-electron chi connectivity index (χ2n) is 6.27. The molecule has 3 rings (SSSR count). The van der Waals surface area contributed by atoms with Gasteiger partial charge in [-0.3, -0.25) is 9.59 Å². The van der Waals surface area contributed by atoms with Crippen LogP contribution in [0.1, 0.15) is 39.9 Å². The maximum absolute atomic E-state index is 12.8. The van der Waals surface area contributed by atoms with E-state index in [0.29, 0.717) is 49.8 Å². The summed E-state index contributed by atoms with van der Waals surface area (Å²) < 4.78 is 5.48. The average Bonchev–Trinajstić information content (AvgIpc) is 2.93. The van der Waals surface area contributed by atoms with Crippen LogP contribution in [0.25, 0.3) is 0 Å². The molecule has 0 saturated carbocycles. The minimum Gasteiger partial charge on any atom is -0.494 e. The number of carbonyl (C=O) groups excluding carboxylic acids is 2. The third kappa shape index (κ3) is 3.87. The molecule has 0 spiro atoms. The number of nitrogens with zero attached hydrogens (tertiary/aromatic N) is 3. The number of aryl methyl sites for hydroxylation is 1. The first-order valence-corrected chi connectivity index (χ1v) is 8.91. The smallest absolute Gasteiger partial charge is 0.274 e. The normalized spacial score (nSPS) is 14.8. The van der Waals surface area contributed by atoms with Crippen LogP contribution in [0.5, 0.6) is 5.75 Å². The van der Waals surface area contributed by atoms with E-state index < -0.39 is 0 Å². The molecule has 0 atom stereocenters. The van der Waals surface area contributed by atoms with E-state index >= 15 is 0 Å². The van der Waals surface area contributed by atoms with Crippen LogP contribution in [0.15, 0.2) is 30.6 Å². The van der Waals surface area contributed by atoms with Gasteiger partial charge < -0.3 is 19.5 Å². The molecule has 1 aromatic heterocycles. The van der Waals surface area contributed by atoms with Gasteiger partial charge >= 0.3 is 0 Å². The van der Waals surface area contributed by atoms with Gasteiger partial charge in [0.1, 0.15) is 11.4 Å². The molecule has 0 bridgehead atoms. The number of carbonyl (C=O) groups is 2. The fourth-order valence-electron chi connectivity index (χ4n) is 3.12. The van der Waals surface area contributed by atoms with Crippen molar-refractivity contribution in [1.82, 2.24) is 19.8 Å². The maximum atomic E-state index is 12.8. The number of nitrogens with one attached hydrogen (secondary N) is 1. The van der Waals surface area contributed by atoms with Gasteiger partial charge in [-0.2, -0.15) is 0 Å². The third-order valence-corrected chi connectivity index (χ3v) is 4.49. The summed E-state index contributed by atoms with van der Waals surface area (Å²) in [7, 11) is 0. The molecule has 0 aliphatic carbocycles. The van der Waals surface area contributed by atoms with Gasteiger partial charge in [0.05, 0.1) is 12.9 Å². The summed E-state index contributed by atoms with van der Waals surface area (Å²) in [6.07, 6.45) is 2.27. The fraction of sp³-hybridized carbons (Fsp3) is 0.421. The largest absolute Gasteiger partial charge is 0.494 e. The predicted octanol–water partition coefficient (Wildman–Crippen LogP) is 2.11. The molecule has 138 valence electrons. The zero-order chi connectivity index (χ0) is 18.5. The number of aromatic nitrogens is 2. The van der Waals surface area contributed by atoms with Crippen molar-refractivity contribution in [2.75, 3.05) is 32.8 Å². The summed E-state index contributed by atoms with van der Waals surface area (Å²) in [5.74, 6) is 0.576. The second-order valence-corrected chi connectivity index (χ2v) is 6.27. The first-order chi connectivity index (χ1) is 12.6. The van der Waals surface area contributed by atoms with Crippen molar-refractivity contribution in [3.05, 3.63) is 47.5 Å². The van der Waals surface area contributed by atoms with Crippen LogP contribution < -0.4 is 4.74 Å².